The van der Waals surface area contributed by atoms with E-state index in [0.29, 0.717) is 10.7 Å². The number of nitrogens with zero attached hydrogens (tertiary/aromatic N) is 2. The van der Waals surface area contributed by atoms with Crippen molar-refractivity contribution in [2.24, 2.45) is 7.05 Å². The molecule has 0 atom stereocenters. The molecule has 0 aliphatic rings. The third-order valence-electron chi connectivity index (χ3n) is 2.92. The molecule has 1 N–H and O–H groups in total. The maximum atomic E-state index is 11.3. The van der Waals surface area contributed by atoms with Crippen LogP contribution in [0.5, 0.6) is 0 Å². The molecule has 100 valence electrons. The van der Waals surface area contributed by atoms with E-state index in [4.69, 9.17) is 0 Å². The van der Waals surface area contributed by atoms with Gasteiger partial charge < -0.3 is 5.11 Å². The Morgan fingerprint density at radius 3 is 2.58 bits per heavy atom. The van der Waals surface area contributed by atoms with Gasteiger partial charge >= 0.3 is 5.97 Å². The highest BCUT2D eigenvalue weighted by molar-refractivity contribution is 7.99. The SMILES string of the molecule is Cc1ccc(Sc2c(C(=O)O)c(C)nn2C)c(C)c1. The second-order valence-electron chi connectivity index (χ2n) is 4.57. The second kappa shape index (κ2) is 5.09. The molecule has 0 saturated carbocycles. The lowest BCUT2D eigenvalue weighted by Crippen LogP contribution is -2.00. The van der Waals surface area contributed by atoms with Crippen molar-refractivity contribution in [3.05, 3.63) is 40.6 Å². The summed E-state index contributed by atoms with van der Waals surface area (Å²) < 4.78 is 1.63. The Morgan fingerprint density at radius 2 is 2.00 bits per heavy atom. The van der Waals surface area contributed by atoms with Gasteiger partial charge in [0.05, 0.1) is 5.69 Å². The molecule has 0 fully saturated rings. The van der Waals surface area contributed by atoms with Crippen molar-refractivity contribution in [1.82, 2.24) is 9.78 Å². The molecule has 2 aromatic rings. The van der Waals surface area contributed by atoms with Crippen molar-refractivity contribution in [2.45, 2.75) is 30.7 Å². The summed E-state index contributed by atoms with van der Waals surface area (Å²) in [6.07, 6.45) is 0. The Bertz CT molecular complexity index is 647. The summed E-state index contributed by atoms with van der Waals surface area (Å²) in [5.41, 5.74) is 3.16. The molecule has 0 spiro atoms. The van der Waals surface area contributed by atoms with Crippen LogP contribution in [0.15, 0.2) is 28.1 Å². The molecule has 2 rings (SSSR count). The van der Waals surface area contributed by atoms with E-state index >= 15 is 0 Å². The highest BCUT2D eigenvalue weighted by Crippen LogP contribution is 2.33. The molecule has 0 amide bonds. The van der Waals surface area contributed by atoms with Crippen LogP contribution >= 0.6 is 11.8 Å². The molecular weight excluding hydrogens is 260 g/mol. The molecule has 0 aliphatic heterocycles. The van der Waals surface area contributed by atoms with Crippen LogP contribution in [0, 0.1) is 20.8 Å². The molecule has 0 unspecified atom stereocenters. The normalized spacial score (nSPS) is 10.7. The molecule has 4 nitrogen and oxygen atoms in total. The largest absolute Gasteiger partial charge is 0.478 e. The van der Waals surface area contributed by atoms with Crippen molar-refractivity contribution in [3.8, 4) is 0 Å². The number of aromatic nitrogens is 2. The van der Waals surface area contributed by atoms with Gasteiger partial charge in [-0.2, -0.15) is 5.10 Å². The van der Waals surface area contributed by atoms with Gasteiger partial charge in [0, 0.05) is 11.9 Å². The minimum Gasteiger partial charge on any atom is -0.478 e. The molecule has 0 bridgehead atoms. The van der Waals surface area contributed by atoms with E-state index in [9.17, 15) is 9.90 Å². The molecule has 1 aromatic carbocycles. The monoisotopic (exact) mass is 276 g/mol. The quantitative estimate of drug-likeness (QED) is 0.935. The molecule has 5 heteroatoms. The van der Waals surface area contributed by atoms with Crippen LogP contribution < -0.4 is 0 Å². The van der Waals surface area contributed by atoms with Crippen LogP contribution in [0.2, 0.25) is 0 Å². The fraction of sp³-hybridized carbons (Fsp3) is 0.286. The van der Waals surface area contributed by atoms with Gasteiger partial charge in [0.25, 0.3) is 0 Å². The summed E-state index contributed by atoms with van der Waals surface area (Å²) in [6, 6.07) is 6.13. The van der Waals surface area contributed by atoms with Crippen LogP contribution in [-0.2, 0) is 7.05 Å². The van der Waals surface area contributed by atoms with Gasteiger partial charge in [-0.1, -0.05) is 29.5 Å². The fourth-order valence-corrected chi connectivity index (χ4v) is 3.09. The highest BCUT2D eigenvalue weighted by atomic mass is 32.2. The first-order chi connectivity index (χ1) is 8.90. The lowest BCUT2D eigenvalue weighted by Gasteiger charge is -2.07. The lowest BCUT2D eigenvalue weighted by atomic mass is 10.2. The van der Waals surface area contributed by atoms with Gasteiger partial charge in [-0.15, -0.1) is 0 Å². The van der Waals surface area contributed by atoms with Gasteiger partial charge in [0.15, 0.2) is 0 Å². The van der Waals surface area contributed by atoms with Crippen LogP contribution in [0.4, 0.5) is 0 Å². The lowest BCUT2D eigenvalue weighted by molar-refractivity contribution is 0.0692. The van der Waals surface area contributed by atoms with Crippen molar-refractivity contribution in [2.75, 3.05) is 0 Å². The number of carboxylic acids is 1. The van der Waals surface area contributed by atoms with Gasteiger partial charge in [-0.05, 0) is 32.4 Å². The van der Waals surface area contributed by atoms with Gasteiger partial charge in [0.2, 0.25) is 0 Å². The Balaban J connectivity index is 2.46. The van der Waals surface area contributed by atoms with E-state index in [0.717, 1.165) is 10.5 Å². The molecule has 19 heavy (non-hydrogen) atoms. The van der Waals surface area contributed by atoms with Crippen LogP contribution in [-0.4, -0.2) is 20.9 Å². The summed E-state index contributed by atoms with van der Waals surface area (Å²) in [6.45, 7) is 5.78. The number of benzene rings is 1. The average Bonchev–Trinajstić information content (AvgIpc) is 2.57. The van der Waals surface area contributed by atoms with E-state index in [-0.39, 0.29) is 5.56 Å². The number of hydrogen-bond acceptors (Lipinski definition) is 3. The van der Waals surface area contributed by atoms with Crippen LogP contribution in [0.3, 0.4) is 0 Å². The van der Waals surface area contributed by atoms with Crippen molar-refractivity contribution in [3.63, 3.8) is 0 Å². The molecule has 0 radical (unpaired) electrons. The number of carboxylic acid groups (broad SMARTS) is 1. The fourth-order valence-electron chi connectivity index (χ4n) is 2.02. The summed E-state index contributed by atoms with van der Waals surface area (Å²) in [5.74, 6) is -0.933. The molecule has 1 aromatic heterocycles. The maximum absolute atomic E-state index is 11.3. The first kappa shape index (κ1) is 13.7. The number of rotatable bonds is 3. The number of aromatic carboxylic acids is 1. The Kier molecular flexibility index (Phi) is 3.66. The smallest absolute Gasteiger partial charge is 0.340 e. The Hall–Kier alpha value is -1.75. The molecular formula is C14H16N2O2S. The maximum Gasteiger partial charge on any atom is 0.340 e. The first-order valence-corrected chi connectivity index (χ1v) is 6.73. The van der Waals surface area contributed by atoms with E-state index in [1.165, 1.54) is 17.3 Å². The van der Waals surface area contributed by atoms with E-state index in [1.54, 1.807) is 18.7 Å². The standard InChI is InChI=1S/C14H16N2O2S/c1-8-5-6-11(9(2)7-8)19-13-12(14(17)18)10(3)15-16(13)4/h5-7H,1-4H3,(H,17,18). The summed E-state index contributed by atoms with van der Waals surface area (Å²) in [7, 11) is 1.77. The zero-order valence-corrected chi connectivity index (χ0v) is 12.2. The predicted octanol–water partition coefficient (Wildman–Crippen LogP) is 3.19. The van der Waals surface area contributed by atoms with E-state index in [1.807, 2.05) is 26.0 Å². The third-order valence-corrected chi connectivity index (χ3v) is 4.26. The first-order valence-electron chi connectivity index (χ1n) is 5.92. The predicted molar refractivity (Wildman–Crippen MR) is 74.9 cm³/mol. The van der Waals surface area contributed by atoms with Crippen molar-refractivity contribution >= 4 is 17.7 Å². The third kappa shape index (κ3) is 2.66. The minimum absolute atomic E-state index is 0.285. The highest BCUT2D eigenvalue weighted by Gasteiger charge is 2.20. The van der Waals surface area contributed by atoms with Gasteiger partial charge in [0.1, 0.15) is 10.6 Å². The van der Waals surface area contributed by atoms with Crippen LogP contribution in [0.25, 0.3) is 0 Å². The van der Waals surface area contributed by atoms with E-state index in [2.05, 4.69) is 11.2 Å². The topological polar surface area (TPSA) is 55.1 Å². The van der Waals surface area contributed by atoms with Gasteiger partial charge in [-0.3, -0.25) is 4.68 Å². The minimum atomic E-state index is -0.933. The summed E-state index contributed by atoms with van der Waals surface area (Å²) in [5, 5.41) is 14.1. The van der Waals surface area contributed by atoms with E-state index < -0.39 is 5.97 Å². The van der Waals surface area contributed by atoms with Crippen molar-refractivity contribution in [1.29, 1.82) is 0 Å². The Morgan fingerprint density at radius 1 is 1.32 bits per heavy atom. The average molecular weight is 276 g/mol. The number of carbonyl (C=O) groups is 1. The molecule has 0 saturated heterocycles. The van der Waals surface area contributed by atoms with Gasteiger partial charge in [-0.25, -0.2) is 4.79 Å². The zero-order chi connectivity index (χ0) is 14.2. The second-order valence-corrected chi connectivity index (χ2v) is 5.60. The molecule has 1 heterocycles. The zero-order valence-electron chi connectivity index (χ0n) is 11.4. The summed E-state index contributed by atoms with van der Waals surface area (Å²) in [4.78, 5) is 12.4. The summed E-state index contributed by atoms with van der Waals surface area (Å²) >= 11 is 1.44. The Labute approximate surface area is 116 Å². The van der Waals surface area contributed by atoms with Crippen molar-refractivity contribution < 1.29 is 9.90 Å². The number of hydrogen-bond donors (Lipinski definition) is 1. The number of aryl methyl sites for hydroxylation is 4. The van der Waals surface area contributed by atoms with Crippen LogP contribution in [0.1, 0.15) is 27.2 Å². The molecule has 0 aliphatic carbocycles.